The number of thioether (sulfide) groups is 2. The lowest BCUT2D eigenvalue weighted by molar-refractivity contribution is 0.133. The summed E-state index contributed by atoms with van der Waals surface area (Å²) >= 11 is 4.19. The second-order valence-electron chi connectivity index (χ2n) is 17.4. The van der Waals surface area contributed by atoms with Crippen LogP contribution in [-0.4, -0.2) is 21.7 Å². The average Bonchev–Trinajstić information content (AvgIpc) is 3.54. The second kappa shape index (κ2) is 12.3. The van der Waals surface area contributed by atoms with Crippen molar-refractivity contribution in [1.29, 1.82) is 0 Å². The SMILES string of the molecule is CCC(SCCSC(CC)c1cc(C)c(O)c(C2CC3CCC2(C)C3(C)C)c1)c1cc(C)c(O)c(C2CC3CCC2(C)C3(C)C)c1. The minimum Gasteiger partial charge on any atom is -0.507 e. The molecule has 6 rings (SSSR count). The molecule has 254 valence electrons. The molecule has 2 aromatic rings. The van der Waals surface area contributed by atoms with Gasteiger partial charge in [-0.05, 0) is 144 Å². The first-order chi connectivity index (χ1) is 21.6. The summed E-state index contributed by atoms with van der Waals surface area (Å²) in [6, 6.07) is 9.33. The topological polar surface area (TPSA) is 40.5 Å². The molecule has 4 heteroatoms. The van der Waals surface area contributed by atoms with Crippen molar-refractivity contribution >= 4 is 23.5 Å². The molecule has 0 aliphatic heterocycles. The van der Waals surface area contributed by atoms with Gasteiger partial charge in [0.1, 0.15) is 11.5 Å². The summed E-state index contributed by atoms with van der Waals surface area (Å²) in [5.74, 6) is 5.77. The highest BCUT2D eigenvalue weighted by Gasteiger charge is 2.63. The van der Waals surface area contributed by atoms with Gasteiger partial charge in [-0.2, -0.15) is 23.5 Å². The van der Waals surface area contributed by atoms with E-state index in [1.807, 2.05) is 0 Å². The van der Waals surface area contributed by atoms with E-state index in [4.69, 9.17) is 0 Å². The molecule has 2 N–H and O–H groups in total. The molecule has 0 amide bonds. The van der Waals surface area contributed by atoms with Crippen LogP contribution in [0.1, 0.15) is 162 Å². The number of aryl methyl sites for hydroxylation is 2. The number of hydrogen-bond donors (Lipinski definition) is 2. The van der Waals surface area contributed by atoms with Crippen molar-refractivity contribution in [2.75, 3.05) is 11.5 Å². The summed E-state index contributed by atoms with van der Waals surface area (Å²) in [6.07, 6.45) is 9.88. The Balaban J connectivity index is 1.14. The monoisotopic (exact) mass is 662 g/mol. The molecule has 0 radical (unpaired) electrons. The summed E-state index contributed by atoms with van der Waals surface area (Å²) in [5.41, 5.74) is 8.53. The lowest BCUT2D eigenvalue weighted by Gasteiger charge is -2.40. The Bertz CT molecular complexity index is 1350. The van der Waals surface area contributed by atoms with Gasteiger partial charge < -0.3 is 10.2 Å². The largest absolute Gasteiger partial charge is 0.507 e. The molecular formula is C42H62O2S2. The summed E-state index contributed by atoms with van der Waals surface area (Å²) in [6.45, 7) is 23.8. The van der Waals surface area contributed by atoms with E-state index in [9.17, 15) is 10.2 Å². The minimum atomic E-state index is 0.262. The fourth-order valence-corrected chi connectivity index (χ4v) is 13.7. The zero-order valence-electron chi connectivity index (χ0n) is 30.6. The van der Waals surface area contributed by atoms with Gasteiger partial charge in [-0.15, -0.1) is 0 Å². The number of phenolic OH excluding ortho intramolecular Hbond substituents is 2. The van der Waals surface area contributed by atoms with Gasteiger partial charge in [0.2, 0.25) is 0 Å². The van der Waals surface area contributed by atoms with Crippen LogP contribution in [0.15, 0.2) is 24.3 Å². The zero-order chi connectivity index (χ0) is 33.4. The normalized spacial score (nSPS) is 33.5. The van der Waals surface area contributed by atoms with Crippen LogP contribution in [0.25, 0.3) is 0 Å². The highest BCUT2D eigenvalue weighted by molar-refractivity contribution is 8.03. The van der Waals surface area contributed by atoms with Crippen LogP contribution in [0.2, 0.25) is 0 Å². The summed E-state index contributed by atoms with van der Waals surface area (Å²) in [7, 11) is 0. The van der Waals surface area contributed by atoms with Crippen LogP contribution < -0.4 is 0 Å². The summed E-state index contributed by atoms with van der Waals surface area (Å²) in [4.78, 5) is 0. The van der Waals surface area contributed by atoms with Gasteiger partial charge in [0.05, 0.1) is 0 Å². The van der Waals surface area contributed by atoms with Crippen LogP contribution in [0.4, 0.5) is 0 Å². The molecule has 0 saturated heterocycles. The van der Waals surface area contributed by atoms with Crippen LogP contribution >= 0.6 is 23.5 Å². The molecule has 4 bridgehead atoms. The van der Waals surface area contributed by atoms with Crippen molar-refractivity contribution in [3.05, 3.63) is 57.6 Å². The third-order valence-electron chi connectivity index (χ3n) is 15.3. The van der Waals surface area contributed by atoms with Gasteiger partial charge in [-0.25, -0.2) is 0 Å². The Morgan fingerprint density at radius 3 is 1.30 bits per heavy atom. The molecule has 0 aromatic heterocycles. The van der Waals surface area contributed by atoms with Gasteiger partial charge in [0, 0.05) is 22.0 Å². The molecular weight excluding hydrogens is 601 g/mol. The molecule has 46 heavy (non-hydrogen) atoms. The fourth-order valence-electron chi connectivity index (χ4n) is 11.2. The summed E-state index contributed by atoms with van der Waals surface area (Å²) < 4.78 is 0. The standard InChI is InChI=1S/C42H62O2S2/c1-11-35(27-19-25(3)37(43)31(21-27)33-23-29-13-15-41(33,9)39(29,5)6)45-17-18-46-36(12-2)28-20-26(4)38(44)32(22-28)34-24-30-14-16-42(34,10)40(30,7)8/h19-22,29-30,33-36,43-44H,11-18,23-24H2,1-10H3. The maximum absolute atomic E-state index is 11.3. The van der Waals surface area contributed by atoms with E-state index < -0.39 is 0 Å². The highest BCUT2D eigenvalue weighted by Crippen LogP contribution is 2.73. The second-order valence-corrected chi connectivity index (χ2v) is 20.0. The predicted molar refractivity (Wildman–Crippen MR) is 201 cm³/mol. The van der Waals surface area contributed by atoms with Crippen LogP contribution in [0.3, 0.4) is 0 Å². The van der Waals surface area contributed by atoms with E-state index in [-0.39, 0.29) is 10.8 Å². The average molecular weight is 663 g/mol. The Morgan fingerprint density at radius 1 is 0.652 bits per heavy atom. The van der Waals surface area contributed by atoms with Gasteiger partial charge >= 0.3 is 0 Å². The van der Waals surface area contributed by atoms with Crippen molar-refractivity contribution in [3.63, 3.8) is 0 Å². The van der Waals surface area contributed by atoms with Gasteiger partial charge in [-0.1, -0.05) is 79.7 Å². The number of aromatic hydroxyl groups is 2. The molecule has 0 spiro atoms. The molecule has 2 aromatic carbocycles. The van der Waals surface area contributed by atoms with Crippen molar-refractivity contribution < 1.29 is 10.2 Å². The first-order valence-electron chi connectivity index (χ1n) is 18.5. The molecule has 0 heterocycles. The number of rotatable bonds is 11. The minimum absolute atomic E-state index is 0.262. The Morgan fingerprint density at radius 2 is 1.02 bits per heavy atom. The number of fused-ring (bicyclic) bond motifs is 4. The van der Waals surface area contributed by atoms with E-state index in [1.165, 1.54) is 60.8 Å². The number of hydrogen-bond acceptors (Lipinski definition) is 4. The Hall–Kier alpha value is -1.26. The van der Waals surface area contributed by atoms with Crippen molar-refractivity contribution in [2.24, 2.45) is 33.5 Å². The smallest absolute Gasteiger partial charge is 0.121 e. The van der Waals surface area contributed by atoms with E-state index >= 15 is 0 Å². The van der Waals surface area contributed by atoms with Crippen LogP contribution in [0, 0.1) is 47.3 Å². The van der Waals surface area contributed by atoms with E-state index in [0.717, 1.165) is 47.3 Å². The lowest BCUT2D eigenvalue weighted by atomic mass is 9.64. The highest BCUT2D eigenvalue weighted by atomic mass is 32.2. The maximum Gasteiger partial charge on any atom is 0.121 e. The zero-order valence-corrected chi connectivity index (χ0v) is 32.2. The Labute approximate surface area is 289 Å². The van der Waals surface area contributed by atoms with Crippen LogP contribution in [0.5, 0.6) is 11.5 Å². The number of phenols is 2. The van der Waals surface area contributed by atoms with Gasteiger partial charge in [-0.3, -0.25) is 0 Å². The first-order valence-corrected chi connectivity index (χ1v) is 20.6. The predicted octanol–water partition coefficient (Wildman–Crippen LogP) is 12.6. The molecule has 2 nitrogen and oxygen atoms in total. The van der Waals surface area contributed by atoms with Crippen molar-refractivity contribution in [2.45, 2.75) is 143 Å². The molecule has 8 unspecified atom stereocenters. The van der Waals surface area contributed by atoms with Gasteiger partial charge in [0.25, 0.3) is 0 Å². The maximum atomic E-state index is 11.3. The Kier molecular flexibility index (Phi) is 9.22. The number of benzene rings is 2. The van der Waals surface area contributed by atoms with E-state index in [1.54, 1.807) is 0 Å². The van der Waals surface area contributed by atoms with Crippen LogP contribution in [-0.2, 0) is 0 Å². The molecule has 4 aliphatic carbocycles. The van der Waals surface area contributed by atoms with Crippen molar-refractivity contribution in [1.82, 2.24) is 0 Å². The molecule has 4 aliphatic rings. The lowest BCUT2D eigenvalue weighted by Crippen LogP contribution is -2.31. The van der Waals surface area contributed by atoms with E-state index in [2.05, 4.69) is 117 Å². The molecule has 4 saturated carbocycles. The van der Waals surface area contributed by atoms with E-state index in [0.29, 0.717) is 44.7 Å². The van der Waals surface area contributed by atoms with Gasteiger partial charge in [0.15, 0.2) is 0 Å². The quantitative estimate of drug-likeness (QED) is 0.235. The third kappa shape index (κ3) is 5.19. The molecule has 4 fully saturated rings. The first kappa shape index (κ1) is 34.6. The molecule has 8 atom stereocenters. The third-order valence-corrected chi connectivity index (χ3v) is 18.4. The fraction of sp³-hybridized carbons (Fsp3) is 0.714. The summed E-state index contributed by atoms with van der Waals surface area (Å²) in [5, 5.41) is 23.6. The van der Waals surface area contributed by atoms with Crippen molar-refractivity contribution in [3.8, 4) is 11.5 Å².